The SMILES string of the molecule is CCc1cccc(-c2cnc(-c3csc4ccsc34)s2)c1. The third-order valence-electron chi connectivity index (χ3n) is 3.53. The normalized spacial score (nSPS) is 11.3. The number of fused-ring (bicyclic) bond motifs is 1. The highest BCUT2D eigenvalue weighted by atomic mass is 32.1. The number of aryl methyl sites for hydroxylation is 1. The summed E-state index contributed by atoms with van der Waals surface area (Å²) in [6.07, 6.45) is 3.08. The molecule has 0 bridgehead atoms. The van der Waals surface area contributed by atoms with E-state index in [1.165, 1.54) is 31.0 Å². The maximum absolute atomic E-state index is 4.65. The van der Waals surface area contributed by atoms with E-state index in [1.54, 1.807) is 34.0 Å². The molecule has 21 heavy (non-hydrogen) atoms. The van der Waals surface area contributed by atoms with Crippen LogP contribution in [0.4, 0.5) is 0 Å². The molecule has 0 aliphatic heterocycles. The van der Waals surface area contributed by atoms with Crippen molar-refractivity contribution in [1.29, 1.82) is 0 Å². The van der Waals surface area contributed by atoms with Gasteiger partial charge in [0.05, 0.1) is 9.58 Å². The minimum atomic E-state index is 1.07. The standard InChI is InChI=1S/C17H13NS3/c1-2-11-4-3-5-12(8-11)15-9-18-17(21-15)13-10-20-14-6-7-19-16(13)14/h3-10H,2H2,1H3. The summed E-state index contributed by atoms with van der Waals surface area (Å²) in [5.74, 6) is 0. The van der Waals surface area contributed by atoms with Gasteiger partial charge in [-0.2, -0.15) is 0 Å². The molecule has 4 rings (SSSR count). The Hall–Kier alpha value is -1.49. The fourth-order valence-corrected chi connectivity index (χ4v) is 5.56. The highest BCUT2D eigenvalue weighted by Gasteiger charge is 2.12. The van der Waals surface area contributed by atoms with Crippen LogP contribution in [0.15, 0.2) is 47.3 Å². The summed E-state index contributed by atoms with van der Waals surface area (Å²) < 4.78 is 2.72. The largest absolute Gasteiger partial charge is 0.244 e. The van der Waals surface area contributed by atoms with Gasteiger partial charge in [-0.3, -0.25) is 0 Å². The van der Waals surface area contributed by atoms with Crippen molar-refractivity contribution in [3.63, 3.8) is 0 Å². The van der Waals surface area contributed by atoms with Crippen LogP contribution in [0.2, 0.25) is 0 Å². The average molecular weight is 327 g/mol. The maximum Gasteiger partial charge on any atom is 0.126 e. The highest BCUT2D eigenvalue weighted by molar-refractivity contribution is 7.27. The van der Waals surface area contributed by atoms with Crippen molar-refractivity contribution >= 4 is 43.4 Å². The molecule has 4 aromatic rings. The minimum Gasteiger partial charge on any atom is -0.244 e. The number of hydrogen-bond acceptors (Lipinski definition) is 4. The Morgan fingerprint density at radius 3 is 3.00 bits per heavy atom. The zero-order valence-corrected chi connectivity index (χ0v) is 13.9. The molecule has 0 fully saturated rings. The number of thiophene rings is 2. The van der Waals surface area contributed by atoms with Crippen LogP contribution in [0.3, 0.4) is 0 Å². The fraction of sp³-hybridized carbons (Fsp3) is 0.118. The fourth-order valence-electron chi connectivity index (χ4n) is 2.39. The molecule has 0 saturated carbocycles. The van der Waals surface area contributed by atoms with Gasteiger partial charge in [0, 0.05) is 21.8 Å². The topological polar surface area (TPSA) is 12.9 Å². The van der Waals surface area contributed by atoms with Gasteiger partial charge in [0.25, 0.3) is 0 Å². The first kappa shape index (κ1) is 13.2. The van der Waals surface area contributed by atoms with E-state index >= 15 is 0 Å². The number of nitrogens with zero attached hydrogens (tertiary/aromatic N) is 1. The molecule has 3 aromatic heterocycles. The van der Waals surface area contributed by atoms with E-state index in [4.69, 9.17) is 0 Å². The zero-order chi connectivity index (χ0) is 14.2. The van der Waals surface area contributed by atoms with E-state index < -0.39 is 0 Å². The number of thiazole rings is 1. The molecule has 1 aromatic carbocycles. The minimum absolute atomic E-state index is 1.07. The van der Waals surface area contributed by atoms with Crippen molar-refractivity contribution < 1.29 is 0 Å². The van der Waals surface area contributed by atoms with Gasteiger partial charge in [0.1, 0.15) is 5.01 Å². The Labute approximate surface area is 135 Å². The molecule has 0 spiro atoms. The van der Waals surface area contributed by atoms with Crippen molar-refractivity contribution in [1.82, 2.24) is 4.98 Å². The van der Waals surface area contributed by atoms with Crippen LogP contribution in [0, 0.1) is 0 Å². The molecule has 0 aliphatic rings. The Bertz CT molecular complexity index is 897. The van der Waals surface area contributed by atoms with Crippen LogP contribution in [-0.2, 0) is 6.42 Å². The smallest absolute Gasteiger partial charge is 0.126 e. The molecule has 3 heterocycles. The summed E-state index contributed by atoms with van der Waals surface area (Å²) in [4.78, 5) is 5.90. The maximum atomic E-state index is 4.65. The third kappa shape index (κ3) is 2.33. The van der Waals surface area contributed by atoms with Crippen LogP contribution >= 0.6 is 34.0 Å². The predicted molar refractivity (Wildman–Crippen MR) is 95.6 cm³/mol. The first-order chi connectivity index (χ1) is 10.3. The molecule has 1 nitrogen and oxygen atoms in total. The summed E-state index contributed by atoms with van der Waals surface area (Å²) >= 11 is 5.39. The summed E-state index contributed by atoms with van der Waals surface area (Å²) in [5.41, 5.74) is 3.93. The quantitative estimate of drug-likeness (QED) is 0.429. The average Bonchev–Trinajstić information content (AvgIpc) is 3.23. The van der Waals surface area contributed by atoms with Crippen LogP contribution in [0.1, 0.15) is 12.5 Å². The van der Waals surface area contributed by atoms with Gasteiger partial charge in [0.2, 0.25) is 0 Å². The molecule has 0 unspecified atom stereocenters. The lowest BCUT2D eigenvalue weighted by atomic mass is 10.1. The summed E-state index contributed by atoms with van der Waals surface area (Å²) in [6.45, 7) is 2.19. The Balaban J connectivity index is 1.77. The molecule has 0 N–H and O–H groups in total. The highest BCUT2D eigenvalue weighted by Crippen LogP contribution is 2.40. The third-order valence-corrected chi connectivity index (χ3v) is 6.64. The number of aromatic nitrogens is 1. The lowest BCUT2D eigenvalue weighted by Gasteiger charge is -2.00. The molecule has 4 heteroatoms. The molecule has 0 amide bonds. The number of benzene rings is 1. The Morgan fingerprint density at radius 1 is 1.14 bits per heavy atom. The van der Waals surface area contributed by atoms with Gasteiger partial charge in [-0.25, -0.2) is 4.98 Å². The van der Waals surface area contributed by atoms with Crippen molar-refractivity contribution in [2.45, 2.75) is 13.3 Å². The number of rotatable bonds is 3. The van der Waals surface area contributed by atoms with Crippen molar-refractivity contribution in [3.8, 4) is 21.0 Å². The lowest BCUT2D eigenvalue weighted by Crippen LogP contribution is -1.79. The van der Waals surface area contributed by atoms with Gasteiger partial charge >= 0.3 is 0 Å². The molecule has 0 radical (unpaired) electrons. The molecule has 104 valence electrons. The second-order valence-electron chi connectivity index (χ2n) is 4.85. The van der Waals surface area contributed by atoms with E-state index in [-0.39, 0.29) is 0 Å². The van der Waals surface area contributed by atoms with E-state index in [1.807, 2.05) is 6.20 Å². The van der Waals surface area contributed by atoms with Gasteiger partial charge in [-0.05, 0) is 29.0 Å². The van der Waals surface area contributed by atoms with Gasteiger partial charge < -0.3 is 0 Å². The molecule has 0 aliphatic carbocycles. The van der Waals surface area contributed by atoms with Crippen LogP contribution in [0.25, 0.3) is 30.4 Å². The van der Waals surface area contributed by atoms with Gasteiger partial charge in [0.15, 0.2) is 0 Å². The molecule has 0 saturated heterocycles. The van der Waals surface area contributed by atoms with Gasteiger partial charge in [-0.15, -0.1) is 34.0 Å². The van der Waals surface area contributed by atoms with Gasteiger partial charge in [-0.1, -0.05) is 31.2 Å². The molecular weight excluding hydrogens is 314 g/mol. The van der Waals surface area contributed by atoms with E-state index in [2.05, 4.69) is 53.0 Å². The summed E-state index contributed by atoms with van der Waals surface area (Å²) in [6, 6.07) is 10.9. The Kier molecular flexibility index (Phi) is 3.37. The van der Waals surface area contributed by atoms with Crippen molar-refractivity contribution in [3.05, 3.63) is 52.9 Å². The van der Waals surface area contributed by atoms with Crippen LogP contribution < -0.4 is 0 Å². The second-order valence-corrected chi connectivity index (χ2v) is 7.70. The van der Waals surface area contributed by atoms with Crippen LogP contribution in [0.5, 0.6) is 0 Å². The van der Waals surface area contributed by atoms with Crippen molar-refractivity contribution in [2.75, 3.05) is 0 Å². The van der Waals surface area contributed by atoms with Crippen LogP contribution in [-0.4, -0.2) is 4.98 Å². The molecular formula is C17H13NS3. The monoisotopic (exact) mass is 327 g/mol. The summed E-state index contributed by atoms with van der Waals surface area (Å²) in [7, 11) is 0. The summed E-state index contributed by atoms with van der Waals surface area (Å²) in [5, 5.41) is 5.51. The van der Waals surface area contributed by atoms with Crippen molar-refractivity contribution in [2.24, 2.45) is 0 Å². The first-order valence-electron chi connectivity index (χ1n) is 6.85. The predicted octanol–water partition coefficient (Wildman–Crippen LogP) is 6.32. The number of hydrogen-bond donors (Lipinski definition) is 0. The van der Waals surface area contributed by atoms with E-state index in [0.717, 1.165) is 11.4 Å². The Morgan fingerprint density at radius 2 is 2.10 bits per heavy atom. The zero-order valence-electron chi connectivity index (χ0n) is 11.5. The lowest BCUT2D eigenvalue weighted by molar-refractivity contribution is 1.14. The molecule has 0 atom stereocenters. The van der Waals surface area contributed by atoms with E-state index in [9.17, 15) is 0 Å². The van der Waals surface area contributed by atoms with E-state index in [0.29, 0.717) is 0 Å². The second kappa shape index (κ2) is 5.37. The first-order valence-corrected chi connectivity index (χ1v) is 9.43.